The minimum Gasteiger partial charge on any atom is -0.383 e. The van der Waals surface area contributed by atoms with Gasteiger partial charge in [-0.3, -0.25) is 9.78 Å². The second kappa shape index (κ2) is 6.42. The molecule has 0 saturated carbocycles. The fraction of sp³-hybridized carbons (Fsp3) is 0.333. The number of nitrogens with one attached hydrogen (secondary N) is 1. The summed E-state index contributed by atoms with van der Waals surface area (Å²) in [6, 6.07) is 4.13. The van der Waals surface area contributed by atoms with E-state index in [0.29, 0.717) is 16.9 Å². The molecule has 27 heavy (non-hydrogen) atoms. The van der Waals surface area contributed by atoms with E-state index < -0.39 is 0 Å². The minimum absolute atomic E-state index is 0.129. The molecule has 0 spiro atoms. The van der Waals surface area contributed by atoms with E-state index in [2.05, 4.69) is 38.4 Å². The summed E-state index contributed by atoms with van der Waals surface area (Å²) < 4.78 is 4.12. The van der Waals surface area contributed by atoms with Crippen LogP contribution >= 0.6 is 0 Å². The van der Waals surface area contributed by atoms with Crippen LogP contribution < -0.4 is 17.0 Å². The molecular weight excluding hydrogens is 344 g/mol. The first kappa shape index (κ1) is 17.1. The molecule has 0 aliphatic carbocycles. The van der Waals surface area contributed by atoms with Gasteiger partial charge in [-0.2, -0.15) is 4.98 Å². The van der Waals surface area contributed by atoms with Crippen molar-refractivity contribution in [1.82, 2.24) is 29.1 Å². The van der Waals surface area contributed by atoms with E-state index in [1.807, 2.05) is 23.0 Å². The van der Waals surface area contributed by atoms with Gasteiger partial charge in [0, 0.05) is 24.5 Å². The Kier molecular flexibility index (Phi) is 4.06. The lowest BCUT2D eigenvalue weighted by Gasteiger charge is -2.19. The molecule has 140 valence electrons. The van der Waals surface area contributed by atoms with Crippen molar-refractivity contribution in [3.05, 3.63) is 41.2 Å². The molecule has 0 bridgehead atoms. The molecule has 0 radical (unpaired) electrons. The van der Waals surface area contributed by atoms with Crippen LogP contribution in [-0.2, 0) is 0 Å². The molecule has 0 amide bonds. The third-order valence-corrected chi connectivity index (χ3v) is 5.09. The predicted molar refractivity (Wildman–Crippen MR) is 105 cm³/mol. The van der Waals surface area contributed by atoms with Crippen LogP contribution in [0.25, 0.3) is 22.1 Å². The number of nitrogens with zero attached hydrogens (tertiary/aromatic N) is 5. The zero-order valence-corrected chi connectivity index (χ0v) is 15.3. The van der Waals surface area contributed by atoms with Crippen LogP contribution in [0.4, 0.5) is 11.8 Å². The van der Waals surface area contributed by atoms with E-state index in [-0.39, 0.29) is 23.6 Å². The van der Waals surface area contributed by atoms with E-state index >= 15 is 0 Å². The van der Waals surface area contributed by atoms with Crippen molar-refractivity contribution in [2.24, 2.45) is 0 Å². The van der Waals surface area contributed by atoms with Crippen molar-refractivity contribution in [2.45, 2.75) is 38.8 Å². The van der Waals surface area contributed by atoms with Gasteiger partial charge in [0.1, 0.15) is 23.4 Å². The highest BCUT2D eigenvalue weighted by Gasteiger charge is 2.16. The lowest BCUT2D eigenvalue weighted by molar-refractivity contribution is 0.425. The number of nitrogen functional groups attached to an aromatic ring is 2. The number of fused-ring (bicyclic) bond motifs is 2. The normalized spacial score (nSPS) is 14.0. The zero-order valence-electron chi connectivity index (χ0n) is 15.3. The van der Waals surface area contributed by atoms with Crippen LogP contribution in [0.3, 0.4) is 0 Å². The van der Waals surface area contributed by atoms with Crippen molar-refractivity contribution >= 4 is 33.8 Å². The first-order valence-electron chi connectivity index (χ1n) is 8.89. The van der Waals surface area contributed by atoms with Crippen LogP contribution in [0, 0.1) is 0 Å². The monoisotopic (exact) mass is 366 g/mol. The topological polar surface area (TPSA) is 133 Å². The molecule has 4 aromatic rings. The van der Waals surface area contributed by atoms with E-state index in [1.165, 1.54) is 6.33 Å². The van der Waals surface area contributed by atoms with Crippen LogP contribution in [0.1, 0.15) is 38.8 Å². The fourth-order valence-electron chi connectivity index (χ4n) is 3.52. The SMILES string of the molecule is CC(CCC(C)n1ccc2c(=O)[nH]c(N)nc21)n1ccc2c(N)ncnc21. The number of hydrogen-bond donors (Lipinski definition) is 3. The molecule has 4 heterocycles. The zero-order chi connectivity index (χ0) is 19.1. The molecule has 9 nitrogen and oxygen atoms in total. The van der Waals surface area contributed by atoms with Crippen LogP contribution in [-0.4, -0.2) is 29.1 Å². The molecule has 0 aromatic carbocycles. The molecule has 2 unspecified atom stereocenters. The van der Waals surface area contributed by atoms with Crippen LogP contribution in [0.15, 0.2) is 35.6 Å². The van der Waals surface area contributed by atoms with Gasteiger partial charge >= 0.3 is 0 Å². The molecule has 2 atom stereocenters. The molecule has 0 aliphatic heterocycles. The molecule has 9 heteroatoms. The Hall–Kier alpha value is -3.36. The summed E-state index contributed by atoms with van der Waals surface area (Å²) in [5, 5.41) is 1.42. The van der Waals surface area contributed by atoms with E-state index in [4.69, 9.17) is 11.5 Å². The summed E-state index contributed by atoms with van der Waals surface area (Å²) in [6.07, 6.45) is 7.20. The number of H-pyrrole nitrogens is 1. The first-order chi connectivity index (χ1) is 13.0. The van der Waals surface area contributed by atoms with Gasteiger partial charge in [-0.1, -0.05) is 0 Å². The molecule has 4 rings (SSSR count). The molecular formula is C18H22N8O. The van der Waals surface area contributed by atoms with Gasteiger partial charge in [-0.05, 0) is 38.8 Å². The lowest BCUT2D eigenvalue weighted by atomic mass is 10.1. The number of rotatable bonds is 5. The number of aromatic amines is 1. The summed E-state index contributed by atoms with van der Waals surface area (Å²) in [5.41, 5.74) is 12.9. The number of aromatic nitrogens is 6. The van der Waals surface area contributed by atoms with Crippen molar-refractivity contribution in [3.63, 3.8) is 0 Å². The molecule has 4 aromatic heterocycles. The standard InChI is InChI=1S/C18H22N8O/c1-10(25-7-5-12-14(19)21-9-22-15(12)25)3-4-11(2)26-8-6-13-16(26)23-18(20)24-17(13)27/h5-11H,3-4H2,1-2H3,(H2,19,21,22)(H3,20,23,24,27). The second-order valence-electron chi connectivity index (χ2n) is 6.91. The van der Waals surface area contributed by atoms with Gasteiger partial charge in [-0.15, -0.1) is 0 Å². The van der Waals surface area contributed by atoms with Crippen LogP contribution in [0.5, 0.6) is 0 Å². The number of anilines is 2. The van der Waals surface area contributed by atoms with Gasteiger partial charge < -0.3 is 20.6 Å². The maximum Gasteiger partial charge on any atom is 0.261 e. The van der Waals surface area contributed by atoms with Crippen molar-refractivity contribution in [1.29, 1.82) is 0 Å². The maximum absolute atomic E-state index is 12.0. The maximum atomic E-state index is 12.0. The quantitative estimate of drug-likeness (QED) is 0.496. The van der Waals surface area contributed by atoms with Crippen molar-refractivity contribution < 1.29 is 0 Å². The van der Waals surface area contributed by atoms with E-state index in [9.17, 15) is 4.79 Å². The number of hydrogen-bond acceptors (Lipinski definition) is 6. The van der Waals surface area contributed by atoms with E-state index in [0.717, 1.165) is 23.9 Å². The lowest BCUT2D eigenvalue weighted by Crippen LogP contribution is -2.14. The summed E-state index contributed by atoms with van der Waals surface area (Å²) in [5.74, 6) is 0.621. The van der Waals surface area contributed by atoms with Gasteiger partial charge in [0.05, 0.1) is 10.8 Å². The third-order valence-electron chi connectivity index (χ3n) is 5.09. The summed E-state index contributed by atoms with van der Waals surface area (Å²) in [6.45, 7) is 4.26. The molecule has 5 N–H and O–H groups in total. The Morgan fingerprint density at radius 2 is 1.63 bits per heavy atom. The summed E-state index contributed by atoms with van der Waals surface area (Å²) >= 11 is 0. The fourth-order valence-corrected chi connectivity index (χ4v) is 3.52. The van der Waals surface area contributed by atoms with Gasteiger partial charge in [0.2, 0.25) is 5.95 Å². The van der Waals surface area contributed by atoms with Crippen molar-refractivity contribution in [3.8, 4) is 0 Å². The molecule has 0 fully saturated rings. The highest BCUT2D eigenvalue weighted by molar-refractivity contribution is 5.86. The molecule has 0 saturated heterocycles. The molecule has 0 aliphatic rings. The summed E-state index contributed by atoms with van der Waals surface area (Å²) in [7, 11) is 0. The van der Waals surface area contributed by atoms with Gasteiger partial charge in [0.25, 0.3) is 5.56 Å². The average molecular weight is 366 g/mol. The number of nitrogens with two attached hydrogens (primary N) is 2. The Balaban J connectivity index is 1.54. The van der Waals surface area contributed by atoms with Gasteiger partial charge in [-0.25, -0.2) is 9.97 Å². The predicted octanol–water partition coefficient (Wildman–Crippen LogP) is 2.24. The Morgan fingerprint density at radius 1 is 1.00 bits per heavy atom. The Bertz CT molecular complexity index is 1170. The summed E-state index contributed by atoms with van der Waals surface area (Å²) in [4.78, 5) is 27.2. The highest BCUT2D eigenvalue weighted by Crippen LogP contribution is 2.27. The Morgan fingerprint density at radius 3 is 2.33 bits per heavy atom. The van der Waals surface area contributed by atoms with Crippen molar-refractivity contribution in [2.75, 3.05) is 11.5 Å². The first-order valence-corrected chi connectivity index (χ1v) is 8.89. The van der Waals surface area contributed by atoms with E-state index in [1.54, 1.807) is 6.07 Å². The third kappa shape index (κ3) is 2.90. The Labute approximate surface area is 155 Å². The average Bonchev–Trinajstić information content (AvgIpc) is 3.24. The largest absolute Gasteiger partial charge is 0.383 e. The minimum atomic E-state index is -0.215. The van der Waals surface area contributed by atoms with Gasteiger partial charge in [0.15, 0.2) is 0 Å². The highest BCUT2D eigenvalue weighted by atomic mass is 16.1. The second-order valence-corrected chi connectivity index (χ2v) is 6.91. The smallest absolute Gasteiger partial charge is 0.261 e. The van der Waals surface area contributed by atoms with Crippen LogP contribution in [0.2, 0.25) is 0 Å².